The Labute approximate surface area is 107 Å². The van der Waals surface area contributed by atoms with E-state index < -0.39 is 6.29 Å². The molecule has 1 saturated heterocycles. The summed E-state index contributed by atoms with van der Waals surface area (Å²) in [5, 5.41) is 0. The smallest absolute Gasteiger partial charge is 0.304 e. The summed E-state index contributed by atoms with van der Waals surface area (Å²) in [7, 11) is 0. The van der Waals surface area contributed by atoms with Crippen molar-refractivity contribution in [2.45, 2.75) is 38.8 Å². The van der Waals surface area contributed by atoms with Gasteiger partial charge in [0.25, 0.3) is 0 Å². The van der Waals surface area contributed by atoms with Crippen molar-refractivity contribution < 1.29 is 19.0 Å². The second kappa shape index (κ2) is 6.52. The van der Waals surface area contributed by atoms with Gasteiger partial charge in [0.05, 0.1) is 0 Å². The molecule has 1 aromatic rings. The van der Waals surface area contributed by atoms with Crippen LogP contribution in [0.3, 0.4) is 0 Å². The highest BCUT2D eigenvalue weighted by Crippen LogP contribution is 2.17. The van der Waals surface area contributed by atoms with Gasteiger partial charge in [-0.15, -0.1) is 0 Å². The van der Waals surface area contributed by atoms with Crippen LogP contribution in [0.4, 0.5) is 0 Å². The molecule has 0 spiro atoms. The molecule has 2 atom stereocenters. The molecule has 1 fully saturated rings. The van der Waals surface area contributed by atoms with E-state index in [0.717, 1.165) is 12.0 Å². The zero-order valence-corrected chi connectivity index (χ0v) is 10.5. The van der Waals surface area contributed by atoms with Gasteiger partial charge in [0.2, 0.25) is 6.29 Å². The topological polar surface area (TPSA) is 44.8 Å². The molecule has 4 heteroatoms. The second-order valence-corrected chi connectivity index (χ2v) is 4.31. The van der Waals surface area contributed by atoms with Gasteiger partial charge in [-0.2, -0.15) is 0 Å². The molecular weight excluding hydrogens is 232 g/mol. The van der Waals surface area contributed by atoms with Crippen molar-refractivity contribution in [2.75, 3.05) is 6.61 Å². The molecule has 0 saturated carbocycles. The van der Waals surface area contributed by atoms with E-state index in [0.29, 0.717) is 19.4 Å². The fraction of sp³-hybridized carbons (Fsp3) is 0.500. The SMILES string of the molecule is CC(=O)OC1CCCOC(Cc2ccccc2)O1. The Kier molecular flexibility index (Phi) is 4.73. The number of carbonyl (C=O) groups is 1. The molecule has 2 unspecified atom stereocenters. The van der Waals surface area contributed by atoms with Crippen LogP contribution in [0.2, 0.25) is 0 Å². The van der Waals surface area contributed by atoms with Crippen molar-refractivity contribution in [3.05, 3.63) is 35.9 Å². The lowest BCUT2D eigenvalue weighted by molar-refractivity contribution is -0.226. The summed E-state index contributed by atoms with van der Waals surface area (Å²) < 4.78 is 16.4. The maximum absolute atomic E-state index is 10.9. The third-order valence-corrected chi connectivity index (χ3v) is 2.73. The van der Waals surface area contributed by atoms with Crippen LogP contribution in [-0.2, 0) is 25.4 Å². The van der Waals surface area contributed by atoms with E-state index >= 15 is 0 Å². The lowest BCUT2D eigenvalue weighted by Crippen LogP contribution is -2.27. The van der Waals surface area contributed by atoms with Gasteiger partial charge >= 0.3 is 5.97 Å². The summed E-state index contributed by atoms with van der Waals surface area (Å²) in [6.45, 7) is 2.02. The van der Waals surface area contributed by atoms with E-state index in [9.17, 15) is 4.79 Å². The molecule has 0 aromatic heterocycles. The molecule has 0 bridgehead atoms. The molecule has 0 amide bonds. The standard InChI is InChI=1S/C14H18O4/c1-11(15)17-13-8-5-9-16-14(18-13)10-12-6-3-2-4-7-12/h2-4,6-7,13-14H,5,8-10H2,1H3. The Morgan fingerprint density at radius 2 is 2.17 bits per heavy atom. The molecule has 0 aliphatic carbocycles. The van der Waals surface area contributed by atoms with Crippen LogP contribution >= 0.6 is 0 Å². The van der Waals surface area contributed by atoms with Gasteiger partial charge in [0.15, 0.2) is 6.29 Å². The van der Waals surface area contributed by atoms with Gasteiger partial charge in [-0.05, 0) is 12.0 Å². The summed E-state index contributed by atoms with van der Waals surface area (Å²) in [6, 6.07) is 9.99. The highest BCUT2D eigenvalue weighted by Gasteiger charge is 2.23. The lowest BCUT2D eigenvalue weighted by Gasteiger charge is -2.20. The van der Waals surface area contributed by atoms with Gasteiger partial charge in [-0.25, -0.2) is 0 Å². The van der Waals surface area contributed by atoms with E-state index in [2.05, 4.69) is 0 Å². The Morgan fingerprint density at radius 1 is 1.39 bits per heavy atom. The lowest BCUT2D eigenvalue weighted by atomic mass is 10.1. The first-order chi connectivity index (χ1) is 8.74. The summed E-state index contributed by atoms with van der Waals surface area (Å²) in [5.41, 5.74) is 1.14. The minimum absolute atomic E-state index is 0.319. The van der Waals surface area contributed by atoms with Gasteiger partial charge < -0.3 is 14.2 Å². The van der Waals surface area contributed by atoms with E-state index in [4.69, 9.17) is 14.2 Å². The van der Waals surface area contributed by atoms with E-state index in [1.54, 1.807) is 0 Å². The number of benzene rings is 1. The maximum Gasteiger partial charge on any atom is 0.304 e. The largest absolute Gasteiger partial charge is 0.436 e. The molecule has 18 heavy (non-hydrogen) atoms. The molecule has 1 aliphatic heterocycles. The quantitative estimate of drug-likeness (QED) is 0.772. The van der Waals surface area contributed by atoms with E-state index in [1.165, 1.54) is 6.92 Å². The monoisotopic (exact) mass is 250 g/mol. The maximum atomic E-state index is 10.9. The molecule has 4 nitrogen and oxygen atoms in total. The Hall–Kier alpha value is -1.39. The van der Waals surface area contributed by atoms with Gasteiger partial charge in [-0.3, -0.25) is 4.79 Å². The predicted molar refractivity (Wildman–Crippen MR) is 65.8 cm³/mol. The molecule has 0 radical (unpaired) electrons. The van der Waals surface area contributed by atoms with Gasteiger partial charge in [-0.1, -0.05) is 30.3 Å². The van der Waals surface area contributed by atoms with Crippen LogP contribution in [0, 0.1) is 0 Å². The highest BCUT2D eigenvalue weighted by atomic mass is 16.8. The highest BCUT2D eigenvalue weighted by molar-refractivity contribution is 5.66. The Balaban J connectivity index is 1.92. The van der Waals surface area contributed by atoms with Crippen molar-refractivity contribution in [2.24, 2.45) is 0 Å². The summed E-state index contributed by atoms with van der Waals surface area (Å²) >= 11 is 0. The number of ether oxygens (including phenoxy) is 3. The zero-order valence-electron chi connectivity index (χ0n) is 10.5. The fourth-order valence-corrected chi connectivity index (χ4v) is 1.93. The Bertz CT molecular complexity index is 377. The van der Waals surface area contributed by atoms with Crippen LogP contribution in [0.5, 0.6) is 0 Å². The van der Waals surface area contributed by atoms with Crippen LogP contribution < -0.4 is 0 Å². The van der Waals surface area contributed by atoms with Crippen molar-refractivity contribution in [3.63, 3.8) is 0 Å². The Morgan fingerprint density at radius 3 is 2.89 bits per heavy atom. The second-order valence-electron chi connectivity index (χ2n) is 4.31. The molecule has 1 aliphatic rings. The minimum atomic E-state index is -0.487. The van der Waals surface area contributed by atoms with Crippen molar-refractivity contribution >= 4 is 5.97 Å². The number of hydrogen-bond acceptors (Lipinski definition) is 4. The fourth-order valence-electron chi connectivity index (χ4n) is 1.93. The molecule has 98 valence electrons. The summed E-state index contributed by atoms with van der Waals surface area (Å²) in [4.78, 5) is 10.9. The molecule has 1 aromatic carbocycles. The van der Waals surface area contributed by atoms with Crippen molar-refractivity contribution in [3.8, 4) is 0 Å². The molecular formula is C14H18O4. The number of carbonyl (C=O) groups excluding carboxylic acids is 1. The van der Waals surface area contributed by atoms with Crippen molar-refractivity contribution in [1.82, 2.24) is 0 Å². The number of esters is 1. The van der Waals surface area contributed by atoms with Crippen LogP contribution in [-0.4, -0.2) is 25.2 Å². The van der Waals surface area contributed by atoms with Crippen molar-refractivity contribution in [1.29, 1.82) is 0 Å². The van der Waals surface area contributed by atoms with Crippen LogP contribution in [0.25, 0.3) is 0 Å². The molecule has 1 heterocycles. The number of rotatable bonds is 3. The first-order valence-corrected chi connectivity index (χ1v) is 6.22. The third kappa shape index (κ3) is 4.13. The first-order valence-electron chi connectivity index (χ1n) is 6.22. The van der Waals surface area contributed by atoms with E-state index in [-0.39, 0.29) is 12.3 Å². The van der Waals surface area contributed by atoms with E-state index in [1.807, 2.05) is 30.3 Å². The third-order valence-electron chi connectivity index (χ3n) is 2.73. The summed E-state index contributed by atoms with van der Waals surface area (Å²) in [5.74, 6) is -0.319. The van der Waals surface area contributed by atoms with Gasteiger partial charge in [0, 0.05) is 26.4 Å². The first kappa shape index (κ1) is 13.1. The van der Waals surface area contributed by atoms with Crippen LogP contribution in [0.15, 0.2) is 30.3 Å². The normalized spacial score (nSPS) is 24.3. The zero-order chi connectivity index (χ0) is 12.8. The predicted octanol–water partition coefficient (Wildman–Crippen LogP) is 2.27. The minimum Gasteiger partial charge on any atom is -0.436 e. The molecule has 0 N–H and O–H groups in total. The van der Waals surface area contributed by atoms with Crippen LogP contribution in [0.1, 0.15) is 25.3 Å². The summed E-state index contributed by atoms with van der Waals surface area (Å²) in [6.07, 6.45) is 1.35. The average Bonchev–Trinajstić information content (AvgIpc) is 2.55. The number of hydrogen-bond donors (Lipinski definition) is 0. The molecule has 2 rings (SSSR count). The average molecular weight is 250 g/mol. The van der Waals surface area contributed by atoms with Gasteiger partial charge in [0.1, 0.15) is 0 Å².